The van der Waals surface area contributed by atoms with Crippen molar-refractivity contribution < 1.29 is 18.7 Å². The number of nitriles is 1. The fourth-order valence-electron chi connectivity index (χ4n) is 4.13. The fourth-order valence-corrected chi connectivity index (χ4v) is 4.13. The Morgan fingerprint density at radius 2 is 1.91 bits per heavy atom. The third-order valence-electron chi connectivity index (χ3n) is 5.98. The van der Waals surface area contributed by atoms with Crippen LogP contribution in [0.25, 0.3) is 0 Å². The van der Waals surface area contributed by atoms with Crippen molar-refractivity contribution in [3.05, 3.63) is 76.7 Å². The number of carbonyl (C=O) groups excluding carboxylic acids is 1. The summed E-state index contributed by atoms with van der Waals surface area (Å²) in [5, 5.41) is 12.3. The third kappa shape index (κ3) is 5.52. The zero-order valence-corrected chi connectivity index (χ0v) is 20.0. The predicted octanol–water partition coefficient (Wildman–Crippen LogP) is 5.02. The van der Waals surface area contributed by atoms with Gasteiger partial charge in [0.1, 0.15) is 11.7 Å². The molecule has 180 valence electrons. The van der Waals surface area contributed by atoms with Gasteiger partial charge in [-0.25, -0.2) is 9.37 Å². The van der Waals surface area contributed by atoms with E-state index in [4.69, 9.17) is 9.47 Å². The van der Waals surface area contributed by atoms with Crippen molar-refractivity contribution in [2.75, 3.05) is 30.4 Å². The molecule has 1 aliphatic rings. The highest BCUT2D eigenvalue weighted by Gasteiger charge is 2.24. The van der Waals surface area contributed by atoms with Crippen LogP contribution in [0.1, 0.15) is 40.0 Å². The molecule has 4 rings (SSSR count). The molecule has 1 amide bonds. The van der Waals surface area contributed by atoms with E-state index in [1.807, 2.05) is 26.0 Å². The van der Waals surface area contributed by atoms with Gasteiger partial charge in [0, 0.05) is 31.6 Å². The van der Waals surface area contributed by atoms with Crippen molar-refractivity contribution in [1.29, 1.82) is 5.26 Å². The minimum absolute atomic E-state index is 0.109. The molecule has 0 aliphatic carbocycles. The smallest absolute Gasteiger partial charge is 0.261 e. The van der Waals surface area contributed by atoms with Gasteiger partial charge in [0.15, 0.2) is 11.6 Å². The van der Waals surface area contributed by atoms with Gasteiger partial charge in [-0.1, -0.05) is 6.07 Å². The van der Waals surface area contributed by atoms with E-state index in [1.165, 1.54) is 13.2 Å². The third-order valence-corrected chi connectivity index (χ3v) is 5.98. The van der Waals surface area contributed by atoms with E-state index in [1.54, 1.807) is 30.3 Å². The van der Waals surface area contributed by atoms with Crippen LogP contribution in [0.15, 0.2) is 48.5 Å². The quantitative estimate of drug-likeness (QED) is 0.540. The standard InChI is InChI=1S/C27H27FN4O3/c1-17-4-9-25(22(28)14-17)35-20-10-12-32(13-11-20)24-8-6-19(16-29)15-23(24)31-26(33)21-7-5-18(2)30-27(21)34-3/h4-9,14-15,20H,10-13H2,1-3H3,(H,31,33). The molecule has 0 atom stereocenters. The summed E-state index contributed by atoms with van der Waals surface area (Å²) in [7, 11) is 1.47. The van der Waals surface area contributed by atoms with Crippen molar-refractivity contribution in [2.45, 2.75) is 32.8 Å². The summed E-state index contributed by atoms with van der Waals surface area (Å²) in [5.41, 5.74) is 3.65. The van der Waals surface area contributed by atoms with Gasteiger partial charge in [-0.3, -0.25) is 4.79 Å². The number of anilines is 2. The first-order chi connectivity index (χ1) is 16.9. The Hall–Kier alpha value is -4.12. The number of hydrogen-bond acceptors (Lipinski definition) is 6. The highest BCUT2D eigenvalue weighted by Crippen LogP contribution is 2.32. The molecule has 0 radical (unpaired) electrons. The summed E-state index contributed by atoms with van der Waals surface area (Å²) >= 11 is 0. The van der Waals surface area contributed by atoms with Crippen LogP contribution in [0.4, 0.5) is 15.8 Å². The molecule has 0 unspecified atom stereocenters. The fraction of sp³-hybridized carbons (Fsp3) is 0.296. The van der Waals surface area contributed by atoms with Crippen LogP contribution in [0.2, 0.25) is 0 Å². The first-order valence-corrected chi connectivity index (χ1v) is 11.4. The summed E-state index contributed by atoms with van der Waals surface area (Å²) in [6.07, 6.45) is 1.27. The van der Waals surface area contributed by atoms with Crippen molar-refractivity contribution >= 4 is 17.3 Å². The highest BCUT2D eigenvalue weighted by molar-refractivity contribution is 6.07. The molecule has 1 aromatic heterocycles. The lowest BCUT2D eigenvalue weighted by Gasteiger charge is -2.35. The Morgan fingerprint density at radius 3 is 2.60 bits per heavy atom. The molecular formula is C27H27FN4O3. The Kier molecular flexibility index (Phi) is 7.16. The van der Waals surface area contributed by atoms with Crippen LogP contribution >= 0.6 is 0 Å². The predicted molar refractivity (Wildman–Crippen MR) is 132 cm³/mol. The lowest BCUT2D eigenvalue weighted by Crippen LogP contribution is -2.38. The number of pyridine rings is 1. The number of aryl methyl sites for hydroxylation is 2. The van der Waals surface area contributed by atoms with Gasteiger partial charge < -0.3 is 19.7 Å². The van der Waals surface area contributed by atoms with Crippen LogP contribution in [0.5, 0.6) is 11.6 Å². The van der Waals surface area contributed by atoms with Crippen LogP contribution in [0, 0.1) is 31.0 Å². The summed E-state index contributed by atoms with van der Waals surface area (Å²) in [6.45, 7) is 4.97. The van der Waals surface area contributed by atoms with Crippen molar-refractivity contribution in [3.8, 4) is 17.7 Å². The summed E-state index contributed by atoms with van der Waals surface area (Å²) in [6, 6.07) is 15.7. The number of methoxy groups -OCH3 is 1. The molecule has 35 heavy (non-hydrogen) atoms. The maximum atomic E-state index is 14.2. The molecule has 2 aromatic carbocycles. The van der Waals surface area contributed by atoms with E-state index in [0.29, 0.717) is 42.7 Å². The topological polar surface area (TPSA) is 87.5 Å². The van der Waals surface area contributed by atoms with Gasteiger partial charge in [0.05, 0.1) is 30.1 Å². The molecule has 0 saturated carbocycles. The molecular weight excluding hydrogens is 447 g/mol. The number of ether oxygens (including phenoxy) is 2. The van der Waals surface area contributed by atoms with E-state index >= 15 is 0 Å². The van der Waals surface area contributed by atoms with Crippen molar-refractivity contribution in [1.82, 2.24) is 4.98 Å². The normalized spacial score (nSPS) is 13.7. The summed E-state index contributed by atoms with van der Waals surface area (Å²) in [4.78, 5) is 19.5. The van der Waals surface area contributed by atoms with Gasteiger partial charge in [-0.05, 0) is 61.9 Å². The van der Waals surface area contributed by atoms with Gasteiger partial charge in [-0.15, -0.1) is 0 Å². The number of benzene rings is 2. The number of amides is 1. The Balaban J connectivity index is 1.50. The number of carbonyl (C=O) groups is 1. The molecule has 1 saturated heterocycles. The lowest BCUT2D eigenvalue weighted by molar-refractivity contribution is 0.102. The van der Waals surface area contributed by atoms with Crippen molar-refractivity contribution in [3.63, 3.8) is 0 Å². The summed E-state index contributed by atoms with van der Waals surface area (Å²) < 4.78 is 25.4. The largest absolute Gasteiger partial charge is 0.487 e. The zero-order valence-electron chi connectivity index (χ0n) is 20.0. The lowest BCUT2D eigenvalue weighted by atomic mass is 10.0. The first-order valence-electron chi connectivity index (χ1n) is 11.4. The second kappa shape index (κ2) is 10.4. The molecule has 2 heterocycles. The molecule has 7 nitrogen and oxygen atoms in total. The Morgan fingerprint density at radius 1 is 1.14 bits per heavy atom. The van der Waals surface area contributed by atoms with Gasteiger partial charge in [0.2, 0.25) is 5.88 Å². The molecule has 1 N–H and O–H groups in total. The van der Waals surface area contributed by atoms with E-state index in [2.05, 4.69) is 21.3 Å². The van der Waals surface area contributed by atoms with Gasteiger partial charge in [0.25, 0.3) is 5.91 Å². The molecule has 1 fully saturated rings. The van der Waals surface area contributed by atoms with E-state index in [0.717, 1.165) is 16.9 Å². The Labute approximate surface area is 204 Å². The number of aromatic nitrogens is 1. The number of halogens is 1. The second-order valence-corrected chi connectivity index (χ2v) is 8.55. The maximum Gasteiger partial charge on any atom is 0.261 e. The average Bonchev–Trinajstić information content (AvgIpc) is 2.86. The van der Waals surface area contributed by atoms with E-state index in [9.17, 15) is 14.4 Å². The second-order valence-electron chi connectivity index (χ2n) is 8.55. The summed E-state index contributed by atoms with van der Waals surface area (Å²) in [5.74, 6) is -0.230. The van der Waals surface area contributed by atoms with Crippen LogP contribution in [-0.4, -0.2) is 37.2 Å². The van der Waals surface area contributed by atoms with Crippen LogP contribution in [0.3, 0.4) is 0 Å². The monoisotopic (exact) mass is 474 g/mol. The minimum Gasteiger partial charge on any atom is -0.487 e. The van der Waals surface area contributed by atoms with Crippen LogP contribution in [-0.2, 0) is 0 Å². The number of nitrogens with zero attached hydrogens (tertiary/aromatic N) is 3. The van der Waals surface area contributed by atoms with E-state index in [-0.39, 0.29) is 29.5 Å². The SMILES string of the molecule is COc1nc(C)ccc1C(=O)Nc1cc(C#N)ccc1N1CCC(Oc2ccc(C)cc2F)CC1. The van der Waals surface area contributed by atoms with Gasteiger partial charge in [-0.2, -0.15) is 5.26 Å². The average molecular weight is 475 g/mol. The maximum absolute atomic E-state index is 14.2. The molecule has 8 heteroatoms. The first kappa shape index (κ1) is 24.0. The molecule has 0 spiro atoms. The van der Waals surface area contributed by atoms with E-state index < -0.39 is 0 Å². The molecule has 0 bridgehead atoms. The van der Waals surface area contributed by atoms with Crippen LogP contribution < -0.4 is 19.7 Å². The minimum atomic E-state index is -0.376. The zero-order chi connectivity index (χ0) is 24.9. The number of piperidine rings is 1. The number of nitrogens with one attached hydrogen (secondary N) is 1. The Bertz CT molecular complexity index is 1280. The van der Waals surface area contributed by atoms with Crippen molar-refractivity contribution in [2.24, 2.45) is 0 Å². The van der Waals surface area contributed by atoms with Gasteiger partial charge >= 0.3 is 0 Å². The number of rotatable bonds is 6. The number of hydrogen-bond donors (Lipinski definition) is 1. The highest BCUT2D eigenvalue weighted by atomic mass is 19.1. The molecule has 1 aliphatic heterocycles. The molecule has 3 aromatic rings.